The van der Waals surface area contributed by atoms with Crippen molar-refractivity contribution in [1.29, 1.82) is 0 Å². The molecular formula is C19H20FN3O2. The molecule has 0 radical (unpaired) electrons. The van der Waals surface area contributed by atoms with Gasteiger partial charge >= 0.3 is 6.03 Å². The number of amides is 3. The Balaban J connectivity index is 1.55. The van der Waals surface area contributed by atoms with Crippen molar-refractivity contribution in [2.45, 2.75) is 6.92 Å². The Bertz CT molecular complexity index is 768. The van der Waals surface area contributed by atoms with Crippen LogP contribution in [0.5, 0.6) is 0 Å². The first-order chi connectivity index (χ1) is 12.0. The molecule has 1 fully saturated rings. The lowest BCUT2D eigenvalue weighted by molar-refractivity contribution is 0.0671. The quantitative estimate of drug-likeness (QED) is 0.912. The maximum absolute atomic E-state index is 13.0. The second-order valence-corrected chi connectivity index (χ2v) is 6.09. The van der Waals surface area contributed by atoms with E-state index >= 15 is 0 Å². The molecule has 1 heterocycles. The highest BCUT2D eigenvalue weighted by atomic mass is 19.1. The summed E-state index contributed by atoms with van der Waals surface area (Å²) in [5, 5.41) is 2.88. The molecule has 130 valence electrons. The van der Waals surface area contributed by atoms with Gasteiger partial charge in [-0.2, -0.15) is 0 Å². The molecule has 0 saturated carbocycles. The Morgan fingerprint density at radius 1 is 0.960 bits per heavy atom. The fourth-order valence-electron chi connectivity index (χ4n) is 2.81. The van der Waals surface area contributed by atoms with Gasteiger partial charge < -0.3 is 15.1 Å². The van der Waals surface area contributed by atoms with E-state index in [1.807, 2.05) is 31.2 Å². The molecule has 3 rings (SSSR count). The Hall–Kier alpha value is -2.89. The molecule has 0 aliphatic carbocycles. The van der Waals surface area contributed by atoms with E-state index in [-0.39, 0.29) is 17.8 Å². The maximum atomic E-state index is 13.0. The molecule has 0 aromatic heterocycles. The molecule has 1 aliphatic rings. The van der Waals surface area contributed by atoms with Crippen LogP contribution in [0.3, 0.4) is 0 Å². The van der Waals surface area contributed by atoms with Crippen LogP contribution in [-0.4, -0.2) is 47.9 Å². The molecule has 2 aromatic carbocycles. The number of nitrogens with zero attached hydrogens (tertiary/aromatic N) is 2. The van der Waals surface area contributed by atoms with Gasteiger partial charge in [0.05, 0.1) is 0 Å². The van der Waals surface area contributed by atoms with Gasteiger partial charge in [-0.05, 0) is 48.9 Å². The first kappa shape index (κ1) is 17.0. The van der Waals surface area contributed by atoms with Crippen molar-refractivity contribution < 1.29 is 14.0 Å². The molecule has 1 saturated heterocycles. The summed E-state index contributed by atoms with van der Waals surface area (Å²) >= 11 is 0. The number of anilines is 1. The minimum atomic E-state index is -0.366. The van der Waals surface area contributed by atoms with E-state index in [4.69, 9.17) is 0 Å². The summed E-state index contributed by atoms with van der Waals surface area (Å²) in [4.78, 5) is 28.1. The summed E-state index contributed by atoms with van der Waals surface area (Å²) in [6, 6.07) is 13.0. The average molecular weight is 341 g/mol. The predicted octanol–water partition coefficient (Wildman–Crippen LogP) is 3.12. The highest BCUT2D eigenvalue weighted by molar-refractivity contribution is 5.94. The SMILES string of the molecule is Cc1cccc(NC(=O)N2CCN(C(=O)c3ccc(F)cc3)CC2)c1. The van der Waals surface area contributed by atoms with Gasteiger partial charge in [-0.25, -0.2) is 9.18 Å². The third kappa shape index (κ3) is 4.15. The Morgan fingerprint density at radius 2 is 1.60 bits per heavy atom. The van der Waals surface area contributed by atoms with Crippen LogP contribution in [-0.2, 0) is 0 Å². The first-order valence-electron chi connectivity index (χ1n) is 8.20. The largest absolute Gasteiger partial charge is 0.335 e. The molecular weight excluding hydrogens is 321 g/mol. The van der Waals surface area contributed by atoms with E-state index in [2.05, 4.69) is 5.32 Å². The van der Waals surface area contributed by atoms with E-state index in [1.165, 1.54) is 24.3 Å². The van der Waals surface area contributed by atoms with Crippen LogP contribution in [0, 0.1) is 12.7 Å². The zero-order valence-corrected chi connectivity index (χ0v) is 14.0. The van der Waals surface area contributed by atoms with Gasteiger partial charge in [0.2, 0.25) is 0 Å². The molecule has 6 heteroatoms. The van der Waals surface area contributed by atoms with Crippen LogP contribution in [0.25, 0.3) is 0 Å². The normalized spacial score (nSPS) is 14.3. The van der Waals surface area contributed by atoms with Crippen molar-refractivity contribution in [3.05, 3.63) is 65.5 Å². The second kappa shape index (κ2) is 7.34. The number of hydrogen-bond donors (Lipinski definition) is 1. The highest BCUT2D eigenvalue weighted by Crippen LogP contribution is 2.13. The number of benzene rings is 2. The molecule has 1 aliphatic heterocycles. The summed E-state index contributed by atoms with van der Waals surface area (Å²) < 4.78 is 13.0. The monoisotopic (exact) mass is 341 g/mol. The van der Waals surface area contributed by atoms with Crippen LogP contribution >= 0.6 is 0 Å². The second-order valence-electron chi connectivity index (χ2n) is 6.09. The number of carbonyl (C=O) groups is 2. The lowest BCUT2D eigenvalue weighted by Gasteiger charge is -2.34. The summed E-state index contributed by atoms with van der Waals surface area (Å²) in [5.74, 6) is -0.507. The van der Waals surface area contributed by atoms with Crippen molar-refractivity contribution in [3.8, 4) is 0 Å². The minimum Gasteiger partial charge on any atom is -0.335 e. The maximum Gasteiger partial charge on any atom is 0.321 e. The molecule has 0 spiro atoms. The van der Waals surface area contributed by atoms with Gasteiger partial charge in [0.15, 0.2) is 0 Å². The molecule has 2 aromatic rings. The van der Waals surface area contributed by atoms with Crippen molar-refractivity contribution in [3.63, 3.8) is 0 Å². The number of nitrogens with one attached hydrogen (secondary N) is 1. The van der Waals surface area contributed by atoms with Crippen LogP contribution in [0.2, 0.25) is 0 Å². The Kier molecular flexibility index (Phi) is 4.97. The summed E-state index contributed by atoms with van der Waals surface area (Å²) in [5.41, 5.74) is 2.29. The number of rotatable bonds is 2. The van der Waals surface area contributed by atoms with Gasteiger partial charge in [-0.15, -0.1) is 0 Å². The first-order valence-corrected chi connectivity index (χ1v) is 8.20. The zero-order valence-electron chi connectivity index (χ0n) is 14.0. The van der Waals surface area contributed by atoms with Gasteiger partial charge in [-0.3, -0.25) is 4.79 Å². The number of halogens is 1. The smallest absolute Gasteiger partial charge is 0.321 e. The summed E-state index contributed by atoms with van der Waals surface area (Å²) in [6.07, 6.45) is 0. The standard InChI is InChI=1S/C19H20FN3O2/c1-14-3-2-4-17(13-14)21-19(25)23-11-9-22(10-12-23)18(24)15-5-7-16(20)8-6-15/h2-8,13H,9-12H2,1H3,(H,21,25). The third-order valence-corrected chi connectivity index (χ3v) is 4.21. The van der Waals surface area contributed by atoms with Gasteiger partial charge in [0, 0.05) is 37.4 Å². The van der Waals surface area contributed by atoms with E-state index in [9.17, 15) is 14.0 Å². The van der Waals surface area contributed by atoms with Crippen LogP contribution < -0.4 is 5.32 Å². The Labute approximate surface area is 146 Å². The Morgan fingerprint density at radius 3 is 2.24 bits per heavy atom. The highest BCUT2D eigenvalue weighted by Gasteiger charge is 2.24. The number of urea groups is 1. The lowest BCUT2D eigenvalue weighted by atomic mass is 10.2. The molecule has 5 nitrogen and oxygen atoms in total. The van der Waals surface area contributed by atoms with Crippen LogP contribution in [0.1, 0.15) is 15.9 Å². The zero-order chi connectivity index (χ0) is 17.8. The molecule has 1 N–H and O–H groups in total. The number of aryl methyl sites for hydroxylation is 1. The topological polar surface area (TPSA) is 52.7 Å². The molecule has 0 unspecified atom stereocenters. The average Bonchev–Trinajstić information content (AvgIpc) is 2.62. The van der Waals surface area contributed by atoms with Crippen molar-refractivity contribution in [2.24, 2.45) is 0 Å². The van der Waals surface area contributed by atoms with E-state index in [0.717, 1.165) is 11.3 Å². The number of hydrogen-bond acceptors (Lipinski definition) is 2. The van der Waals surface area contributed by atoms with E-state index < -0.39 is 0 Å². The van der Waals surface area contributed by atoms with Crippen LogP contribution in [0.15, 0.2) is 48.5 Å². The van der Waals surface area contributed by atoms with E-state index in [1.54, 1.807) is 9.80 Å². The van der Waals surface area contributed by atoms with Gasteiger partial charge in [0.25, 0.3) is 5.91 Å². The van der Waals surface area contributed by atoms with E-state index in [0.29, 0.717) is 31.7 Å². The minimum absolute atomic E-state index is 0.140. The predicted molar refractivity (Wildman–Crippen MR) is 94.1 cm³/mol. The summed E-state index contributed by atoms with van der Waals surface area (Å²) in [7, 11) is 0. The number of piperazine rings is 1. The molecule has 0 bridgehead atoms. The molecule has 0 atom stereocenters. The van der Waals surface area contributed by atoms with Crippen molar-refractivity contribution >= 4 is 17.6 Å². The molecule has 25 heavy (non-hydrogen) atoms. The van der Waals surface area contributed by atoms with Crippen LogP contribution in [0.4, 0.5) is 14.9 Å². The fourth-order valence-corrected chi connectivity index (χ4v) is 2.81. The fraction of sp³-hybridized carbons (Fsp3) is 0.263. The number of carbonyl (C=O) groups excluding carboxylic acids is 2. The van der Waals surface area contributed by atoms with Crippen molar-refractivity contribution in [2.75, 3.05) is 31.5 Å². The van der Waals surface area contributed by atoms with Gasteiger partial charge in [0.1, 0.15) is 5.82 Å². The van der Waals surface area contributed by atoms with Crippen molar-refractivity contribution in [1.82, 2.24) is 9.80 Å². The third-order valence-electron chi connectivity index (χ3n) is 4.21. The van der Waals surface area contributed by atoms with Gasteiger partial charge in [-0.1, -0.05) is 12.1 Å². The lowest BCUT2D eigenvalue weighted by Crippen LogP contribution is -2.51. The molecule has 3 amide bonds. The summed E-state index contributed by atoms with van der Waals surface area (Å²) in [6.45, 7) is 3.81.